The van der Waals surface area contributed by atoms with E-state index in [1.54, 1.807) is 6.07 Å². The van der Waals surface area contributed by atoms with Crippen LogP contribution in [0.5, 0.6) is 23.0 Å². The maximum Gasteiger partial charge on any atom is 0.339 e. The smallest absolute Gasteiger partial charge is 0.339 e. The van der Waals surface area contributed by atoms with Crippen LogP contribution in [0.2, 0.25) is 0 Å². The number of morpholine rings is 1. The number of rotatable bonds is 11. The summed E-state index contributed by atoms with van der Waals surface area (Å²) in [7, 11) is 1.49. The highest BCUT2D eigenvalue weighted by molar-refractivity contribution is 5.92. The molecule has 4 rings (SSSR count). The molecular weight excluding hydrogens is 522 g/mol. The minimum absolute atomic E-state index is 0. The monoisotopic (exact) mass is 565 g/mol. The first-order valence-electron chi connectivity index (χ1n) is 13.6. The summed E-state index contributed by atoms with van der Waals surface area (Å²) in [6.45, 7) is 12.7. The normalized spacial score (nSPS) is 15.9. The third-order valence-electron chi connectivity index (χ3n) is 6.60. The largest absolute Gasteiger partial charge is 0.495 e. The molecule has 0 unspecified atom stereocenters. The number of hydrogen-bond acceptors (Lipinski definition) is 7. The molecule has 2 aliphatic heterocycles. The average Bonchev–Trinajstić information content (AvgIpc) is 2.91. The van der Waals surface area contributed by atoms with Gasteiger partial charge in [-0.05, 0) is 75.9 Å². The zero-order chi connectivity index (χ0) is 27.4. The Morgan fingerprint density at radius 1 is 1.00 bits per heavy atom. The highest BCUT2D eigenvalue weighted by Gasteiger charge is 2.30. The van der Waals surface area contributed by atoms with Crippen molar-refractivity contribution in [1.29, 1.82) is 0 Å². The summed E-state index contributed by atoms with van der Waals surface area (Å²) in [5.41, 5.74) is 0.837. The number of benzene rings is 2. The molecule has 2 aromatic rings. The SMILES string of the molecule is CCCCOc1ccc(OCCCN2CCOCC2)cc1.COc1c(C(=O)O)ccc2c1CCC(C)(C)O2.Cl. The van der Waals surface area contributed by atoms with E-state index in [-0.39, 0.29) is 23.6 Å². The molecule has 9 heteroatoms. The van der Waals surface area contributed by atoms with E-state index in [1.165, 1.54) is 13.2 Å². The number of nitrogens with zero attached hydrogens (tertiary/aromatic N) is 1. The summed E-state index contributed by atoms with van der Waals surface area (Å²) >= 11 is 0. The molecular formula is C30H44ClNO7. The molecule has 0 aromatic heterocycles. The number of aromatic carboxylic acids is 1. The standard InChI is InChI=1S/C17H27NO3.C13H16O4.ClH/c1-2-3-12-20-16-5-7-17(8-6-16)21-13-4-9-18-10-14-19-15-11-18;1-13(2)7-6-8-10(17-13)5-4-9(12(14)15)11(8)16-3;/h5-8H,2-4,9-15H2,1H3;4-5H,6-7H2,1-3H3,(H,14,15);1H. The van der Waals surface area contributed by atoms with E-state index < -0.39 is 5.97 Å². The number of hydrogen-bond donors (Lipinski definition) is 1. The second-order valence-corrected chi connectivity index (χ2v) is 10.1. The van der Waals surface area contributed by atoms with Gasteiger partial charge in [-0.25, -0.2) is 4.79 Å². The Morgan fingerprint density at radius 2 is 1.62 bits per heavy atom. The fourth-order valence-electron chi connectivity index (χ4n) is 4.39. The van der Waals surface area contributed by atoms with Crippen molar-refractivity contribution in [3.05, 3.63) is 47.5 Å². The van der Waals surface area contributed by atoms with Crippen molar-refractivity contribution in [3.63, 3.8) is 0 Å². The van der Waals surface area contributed by atoms with Crippen molar-refractivity contribution >= 4 is 18.4 Å². The summed E-state index contributed by atoms with van der Waals surface area (Å²) < 4.78 is 27.8. The Bertz CT molecular complexity index is 1010. The van der Waals surface area contributed by atoms with Crippen LogP contribution in [-0.4, -0.2) is 74.7 Å². The van der Waals surface area contributed by atoms with Crippen LogP contribution in [0.15, 0.2) is 36.4 Å². The second-order valence-electron chi connectivity index (χ2n) is 10.1. The Hall–Kier alpha value is -2.68. The number of carboxylic acids is 1. The number of unbranched alkanes of at least 4 members (excludes halogenated alkanes) is 1. The lowest BCUT2D eigenvalue weighted by Gasteiger charge is -2.33. The summed E-state index contributed by atoms with van der Waals surface area (Å²) in [5.74, 6) is 2.01. The molecule has 0 radical (unpaired) electrons. The van der Waals surface area contributed by atoms with Crippen LogP contribution >= 0.6 is 12.4 Å². The molecule has 2 heterocycles. The van der Waals surface area contributed by atoms with Gasteiger partial charge in [0.1, 0.15) is 34.2 Å². The lowest BCUT2D eigenvalue weighted by molar-refractivity contribution is 0.0358. The molecule has 0 aliphatic carbocycles. The molecule has 0 spiro atoms. The first kappa shape index (κ1) is 32.5. The van der Waals surface area contributed by atoms with Crippen LogP contribution in [0.4, 0.5) is 0 Å². The average molecular weight is 566 g/mol. The molecule has 2 aromatic carbocycles. The van der Waals surface area contributed by atoms with Crippen molar-refractivity contribution < 1.29 is 33.6 Å². The number of carbonyl (C=O) groups is 1. The third-order valence-corrected chi connectivity index (χ3v) is 6.60. The number of ether oxygens (including phenoxy) is 5. The maximum atomic E-state index is 11.1. The molecule has 1 fully saturated rings. The van der Waals surface area contributed by atoms with Gasteiger partial charge < -0.3 is 28.8 Å². The summed E-state index contributed by atoms with van der Waals surface area (Å²) in [4.78, 5) is 13.5. The zero-order valence-electron chi connectivity index (χ0n) is 23.7. The first-order chi connectivity index (χ1) is 18.3. The van der Waals surface area contributed by atoms with Gasteiger partial charge in [0.05, 0.1) is 33.5 Å². The molecule has 0 saturated carbocycles. The fourth-order valence-corrected chi connectivity index (χ4v) is 4.39. The minimum Gasteiger partial charge on any atom is -0.495 e. The lowest BCUT2D eigenvalue weighted by atomic mass is 9.92. The maximum absolute atomic E-state index is 11.1. The van der Waals surface area contributed by atoms with Gasteiger partial charge >= 0.3 is 5.97 Å². The van der Waals surface area contributed by atoms with E-state index >= 15 is 0 Å². The quantitative estimate of drug-likeness (QED) is 0.338. The second kappa shape index (κ2) is 16.4. The van der Waals surface area contributed by atoms with Crippen LogP contribution in [0.25, 0.3) is 0 Å². The van der Waals surface area contributed by atoms with Crippen LogP contribution < -0.4 is 18.9 Å². The van der Waals surface area contributed by atoms with Crippen molar-refractivity contribution in [1.82, 2.24) is 4.90 Å². The number of methoxy groups -OCH3 is 1. The summed E-state index contributed by atoms with van der Waals surface area (Å²) in [5, 5.41) is 9.08. The van der Waals surface area contributed by atoms with Gasteiger partial charge in [0.15, 0.2) is 0 Å². The summed E-state index contributed by atoms with van der Waals surface area (Å²) in [6.07, 6.45) is 4.92. The van der Waals surface area contributed by atoms with Gasteiger partial charge in [-0.2, -0.15) is 0 Å². The van der Waals surface area contributed by atoms with Crippen molar-refractivity contribution in [2.45, 2.75) is 58.5 Å². The van der Waals surface area contributed by atoms with Crippen LogP contribution in [0.3, 0.4) is 0 Å². The lowest BCUT2D eigenvalue weighted by Crippen LogP contribution is -2.37. The Morgan fingerprint density at radius 3 is 2.18 bits per heavy atom. The van der Waals surface area contributed by atoms with Gasteiger partial charge in [0, 0.05) is 25.2 Å². The van der Waals surface area contributed by atoms with Crippen LogP contribution in [0, 0.1) is 0 Å². The van der Waals surface area contributed by atoms with Gasteiger partial charge in [0.2, 0.25) is 0 Å². The molecule has 1 N–H and O–H groups in total. The first-order valence-corrected chi connectivity index (χ1v) is 13.6. The molecule has 218 valence electrons. The fraction of sp³-hybridized carbons (Fsp3) is 0.567. The van der Waals surface area contributed by atoms with Crippen LogP contribution in [-0.2, 0) is 11.2 Å². The van der Waals surface area contributed by atoms with Gasteiger partial charge in [-0.1, -0.05) is 13.3 Å². The highest BCUT2D eigenvalue weighted by atomic mass is 35.5. The van der Waals surface area contributed by atoms with E-state index in [0.717, 1.165) is 101 Å². The molecule has 0 bridgehead atoms. The van der Waals surface area contributed by atoms with Gasteiger partial charge in [-0.15, -0.1) is 12.4 Å². The topological polar surface area (TPSA) is 86.7 Å². The number of halogens is 1. The predicted octanol–water partition coefficient (Wildman–Crippen LogP) is 5.89. The van der Waals surface area contributed by atoms with Crippen molar-refractivity contribution in [2.24, 2.45) is 0 Å². The Kier molecular flexibility index (Phi) is 13.7. The molecule has 0 amide bonds. The highest BCUT2D eigenvalue weighted by Crippen LogP contribution is 2.40. The minimum atomic E-state index is -0.977. The molecule has 2 aliphatic rings. The third kappa shape index (κ3) is 10.4. The Balaban J connectivity index is 0.000000272. The zero-order valence-corrected chi connectivity index (χ0v) is 24.5. The molecule has 39 heavy (non-hydrogen) atoms. The van der Waals surface area contributed by atoms with Gasteiger partial charge in [0.25, 0.3) is 0 Å². The number of fused-ring (bicyclic) bond motifs is 1. The van der Waals surface area contributed by atoms with E-state index in [1.807, 2.05) is 38.1 Å². The van der Waals surface area contributed by atoms with E-state index in [4.69, 9.17) is 28.8 Å². The predicted molar refractivity (Wildman–Crippen MR) is 154 cm³/mol. The molecule has 0 atom stereocenters. The van der Waals surface area contributed by atoms with E-state index in [9.17, 15) is 4.79 Å². The van der Waals surface area contributed by atoms with Crippen molar-refractivity contribution in [3.8, 4) is 23.0 Å². The Labute approximate surface area is 238 Å². The van der Waals surface area contributed by atoms with Crippen LogP contribution in [0.1, 0.15) is 62.4 Å². The van der Waals surface area contributed by atoms with Crippen molar-refractivity contribution in [2.75, 3.05) is 53.2 Å². The molecule has 1 saturated heterocycles. The molecule has 8 nitrogen and oxygen atoms in total. The van der Waals surface area contributed by atoms with E-state index in [0.29, 0.717) is 5.75 Å². The van der Waals surface area contributed by atoms with Gasteiger partial charge in [-0.3, -0.25) is 4.90 Å². The van der Waals surface area contributed by atoms with E-state index in [2.05, 4.69) is 11.8 Å². The number of carboxylic acid groups (broad SMARTS) is 1. The summed E-state index contributed by atoms with van der Waals surface area (Å²) in [6, 6.07) is 11.2.